The van der Waals surface area contributed by atoms with Gasteiger partial charge >= 0.3 is 0 Å². The number of hydrogen-bond acceptors (Lipinski definition) is 3. The van der Waals surface area contributed by atoms with Gasteiger partial charge in [0.25, 0.3) is 0 Å². The van der Waals surface area contributed by atoms with Crippen molar-refractivity contribution in [2.75, 3.05) is 19.7 Å². The summed E-state index contributed by atoms with van der Waals surface area (Å²) < 4.78 is 33.4. The largest absolute Gasteiger partial charge is 0.371 e. The summed E-state index contributed by atoms with van der Waals surface area (Å²) >= 11 is 5.92. The Labute approximate surface area is 148 Å². The Morgan fingerprint density at radius 3 is 2.54 bits per heavy atom. The molecule has 1 heterocycles. The zero-order chi connectivity index (χ0) is 17.3. The molecule has 0 aromatic heterocycles. The van der Waals surface area contributed by atoms with Crippen LogP contribution < -0.4 is 0 Å². The van der Waals surface area contributed by atoms with Crippen molar-refractivity contribution < 1.29 is 13.2 Å². The molecule has 0 radical (unpaired) electrons. The van der Waals surface area contributed by atoms with E-state index in [0.717, 1.165) is 16.7 Å². The van der Waals surface area contributed by atoms with Crippen LogP contribution in [0.2, 0.25) is 5.02 Å². The molecule has 2 aromatic carbocycles. The van der Waals surface area contributed by atoms with Crippen LogP contribution in [0.1, 0.15) is 22.8 Å². The SMILES string of the molecule is Cc1ccc(C)c(S(=O)(=O)N2CCOC(c3ccc(Cl)cc3)C2)c1. The molecule has 0 saturated carbocycles. The van der Waals surface area contributed by atoms with Crippen molar-refractivity contribution in [3.05, 3.63) is 64.2 Å². The Balaban J connectivity index is 1.88. The van der Waals surface area contributed by atoms with Crippen molar-refractivity contribution in [1.29, 1.82) is 0 Å². The molecule has 24 heavy (non-hydrogen) atoms. The van der Waals surface area contributed by atoms with Crippen LogP contribution in [0, 0.1) is 13.8 Å². The number of aryl methyl sites for hydroxylation is 2. The summed E-state index contributed by atoms with van der Waals surface area (Å²) in [4.78, 5) is 0.374. The van der Waals surface area contributed by atoms with Crippen LogP contribution in [0.5, 0.6) is 0 Å². The Hall–Kier alpha value is -1.40. The number of sulfonamides is 1. The van der Waals surface area contributed by atoms with E-state index in [4.69, 9.17) is 16.3 Å². The second kappa shape index (κ2) is 6.84. The van der Waals surface area contributed by atoms with Gasteiger partial charge in [-0.25, -0.2) is 8.42 Å². The maximum absolute atomic E-state index is 13.0. The molecule has 1 unspecified atom stereocenters. The van der Waals surface area contributed by atoms with E-state index in [-0.39, 0.29) is 6.10 Å². The number of halogens is 1. The lowest BCUT2D eigenvalue weighted by molar-refractivity contribution is -0.00256. The minimum atomic E-state index is -3.54. The number of ether oxygens (including phenoxy) is 1. The molecule has 3 rings (SSSR count). The molecule has 0 aliphatic carbocycles. The first-order valence-corrected chi connectivity index (χ1v) is 9.64. The van der Waals surface area contributed by atoms with E-state index < -0.39 is 10.0 Å². The normalized spacial score (nSPS) is 19.4. The maximum Gasteiger partial charge on any atom is 0.243 e. The lowest BCUT2D eigenvalue weighted by Crippen LogP contribution is -2.42. The van der Waals surface area contributed by atoms with Gasteiger partial charge in [-0.2, -0.15) is 4.31 Å². The predicted molar refractivity (Wildman–Crippen MR) is 94.8 cm³/mol. The number of rotatable bonds is 3. The molecule has 1 atom stereocenters. The molecule has 1 saturated heterocycles. The summed E-state index contributed by atoms with van der Waals surface area (Å²) in [6.45, 7) is 4.76. The van der Waals surface area contributed by atoms with Gasteiger partial charge in [-0.05, 0) is 48.7 Å². The highest BCUT2D eigenvalue weighted by Crippen LogP contribution is 2.28. The van der Waals surface area contributed by atoms with E-state index in [1.165, 1.54) is 4.31 Å². The average Bonchev–Trinajstić information content (AvgIpc) is 2.58. The molecule has 0 spiro atoms. The molecule has 4 nitrogen and oxygen atoms in total. The van der Waals surface area contributed by atoms with Crippen molar-refractivity contribution >= 4 is 21.6 Å². The monoisotopic (exact) mass is 365 g/mol. The first-order chi connectivity index (χ1) is 11.4. The summed E-state index contributed by atoms with van der Waals surface area (Å²) in [5.41, 5.74) is 2.62. The molecule has 1 aliphatic rings. The molecule has 0 amide bonds. The van der Waals surface area contributed by atoms with Gasteiger partial charge in [0, 0.05) is 18.1 Å². The van der Waals surface area contributed by atoms with E-state index in [1.54, 1.807) is 18.2 Å². The Kier molecular flexibility index (Phi) is 4.97. The van der Waals surface area contributed by atoms with Gasteiger partial charge in [0.1, 0.15) is 0 Å². The highest BCUT2D eigenvalue weighted by molar-refractivity contribution is 7.89. The standard InChI is InChI=1S/C18H20ClNO3S/c1-13-3-4-14(2)18(11-13)24(21,22)20-9-10-23-17(12-20)15-5-7-16(19)8-6-15/h3-8,11,17H,9-10,12H2,1-2H3. The number of hydrogen-bond donors (Lipinski definition) is 0. The number of benzene rings is 2. The van der Waals surface area contributed by atoms with Gasteiger partial charge < -0.3 is 4.74 Å². The summed E-state index contributed by atoms with van der Waals surface area (Å²) in [5, 5.41) is 0.648. The minimum absolute atomic E-state index is 0.282. The van der Waals surface area contributed by atoms with Gasteiger partial charge in [0.05, 0.1) is 17.6 Å². The fraction of sp³-hybridized carbons (Fsp3) is 0.333. The Bertz CT molecular complexity index is 834. The third kappa shape index (κ3) is 3.49. The van der Waals surface area contributed by atoms with E-state index >= 15 is 0 Å². The fourth-order valence-corrected chi connectivity index (χ4v) is 4.71. The van der Waals surface area contributed by atoms with E-state index in [2.05, 4.69) is 0 Å². The predicted octanol–water partition coefficient (Wildman–Crippen LogP) is 3.72. The zero-order valence-electron chi connectivity index (χ0n) is 13.7. The molecule has 1 aliphatic heterocycles. The minimum Gasteiger partial charge on any atom is -0.371 e. The van der Waals surface area contributed by atoms with Crippen LogP contribution in [0.4, 0.5) is 0 Å². The quantitative estimate of drug-likeness (QED) is 0.832. The molecule has 2 aromatic rings. The van der Waals surface area contributed by atoms with Gasteiger partial charge in [0.2, 0.25) is 10.0 Å². The van der Waals surface area contributed by atoms with E-state index in [1.807, 2.05) is 38.1 Å². The van der Waals surface area contributed by atoms with Gasteiger partial charge in [-0.1, -0.05) is 35.9 Å². The van der Waals surface area contributed by atoms with Crippen molar-refractivity contribution in [2.24, 2.45) is 0 Å². The molecule has 0 N–H and O–H groups in total. The first kappa shape index (κ1) is 17.4. The van der Waals surface area contributed by atoms with E-state index in [0.29, 0.717) is 29.6 Å². The summed E-state index contributed by atoms with van der Waals surface area (Å²) in [6, 6.07) is 12.8. The number of nitrogens with zero attached hydrogens (tertiary/aromatic N) is 1. The summed E-state index contributed by atoms with van der Waals surface area (Å²) in [6.07, 6.45) is -0.282. The Morgan fingerprint density at radius 2 is 1.83 bits per heavy atom. The second-order valence-electron chi connectivity index (χ2n) is 6.04. The van der Waals surface area contributed by atoms with Crippen molar-refractivity contribution in [3.8, 4) is 0 Å². The molecule has 6 heteroatoms. The average molecular weight is 366 g/mol. The summed E-state index contributed by atoms with van der Waals surface area (Å²) in [5.74, 6) is 0. The van der Waals surface area contributed by atoms with Gasteiger partial charge in [-0.3, -0.25) is 0 Å². The smallest absolute Gasteiger partial charge is 0.243 e. The van der Waals surface area contributed by atoms with E-state index in [9.17, 15) is 8.42 Å². The summed E-state index contributed by atoms with van der Waals surface area (Å²) in [7, 11) is -3.54. The molecular formula is C18H20ClNO3S. The third-order valence-electron chi connectivity index (χ3n) is 4.23. The van der Waals surface area contributed by atoms with Crippen LogP contribution in [-0.2, 0) is 14.8 Å². The topological polar surface area (TPSA) is 46.6 Å². The molecule has 128 valence electrons. The molecule has 1 fully saturated rings. The molecular weight excluding hydrogens is 346 g/mol. The fourth-order valence-electron chi connectivity index (χ4n) is 2.85. The van der Waals surface area contributed by atoms with Gasteiger partial charge in [-0.15, -0.1) is 0 Å². The lowest BCUT2D eigenvalue weighted by Gasteiger charge is -2.32. The van der Waals surface area contributed by atoms with Crippen LogP contribution in [-0.4, -0.2) is 32.4 Å². The van der Waals surface area contributed by atoms with Crippen LogP contribution in [0.3, 0.4) is 0 Å². The van der Waals surface area contributed by atoms with Crippen molar-refractivity contribution in [3.63, 3.8) is 0 Å². The second-order valence-corrected chi connectivity index (χ2v) is 8.39. The highest BCUT2D eigenvalue weighted by Gasteiger charge is 2.32. The van der Waals surface area contributed by atoms with Crippen LogP contribution >= 0.6 is 11.6 Å². The van der Waals surface area contributed by atoms with Crippen molar-refractivity contribution in [1.82, 2.24) is 4.31 Å². The van der Waals surface area contributed by atoms with Crippen LogP contribution in [0.15, 0.2) is 47.4 Å². The lowest BCUT2D eigenvalue weighted by atomic mass is 10.1. The van der Waals surface area contributed by atoms with Gasteiger partial charge in [0.15, 0.2) is 0 Å². The highest BCUT2D eigenvalue weighted by atomic mass is 35.5. The molecule has 0 bridgehead atoms. The third-order valence-corrected chi connectivity index (χ3v) is 6.49. The Morgan fingerprint density at radius 1 is 1.12 bits per heavy atom. The number of morpholine rings is 1. The van der Waals surface area contributed by atoms with Crippen molar-refractivity contribution in [2.45, 2.75) is 24.8 Å². The zero-order valence-corrected chi connectivity index (χ0v) is 15.3. The first-order valence-electron chi connectivity index (χ1n) is 7.82. The maximum atomic E-state index is 13.0. The van der Waals surface area contributed by atoms with Crippen LogP contribution in [0.25, 0.3) is 0 Å².